The number of aryl methyl sites for hydroxylation is 1. The first-order valence-electron chi connectivity index (χ1n) is 6.99. The van der Waals surface area contributed by atoms with Gasteiger partial charge in [0, 0.05) is 18.5 Å². The van der Waals surface area contributed by atoms with Crippen molar-refractivity contribution >= 4 is 12.1 Å². The number of aromatic carboxylic acids is 1. The molecule has 0 unspecified atom stereocenters. The van der Waals surface area contributed by atoms with E-state index >= 15 is 0 Å². The molecule has 1 amide bonds. The van der Waals surface area contributed by atoms with Crippen molar-refractivity contribution in [1.29, 1.82) is 0 Å². The van der Waals surface area contributed by atoms with Crippen molar-refractivity contribution in [2.45, 2.75) is 39.7 Å². The van der Waals surface area contributed by atoms with Crippen LogP contribution in [0.2, 0.25) is 0 Å². The standard InChI is InChI=1S/C17H21NO4/c1-12-8-9-14(15(19)20)13(11-12)7-5-6-10-18-16(21)22-17(2,3)4/h8-9,11H,6,10H2,1-4H3,(H,18,21)(H,19,20). The lowest BCUT2D eigenvalue weighted by Gasteiger charge is -2.19. The van der Waals surface area contributed by atoms with Crippen molar-refractivity contribution in [3.63, 3.8) is 0 Å². The molecule has 1 aromatic carbocycles. The van der Waals surface area contributed by atoms with Gasteiger partial charge in [-0.25, -0.2) is 9.59 Å². The number of amides is 1. The Labute approximate surface area is 130 Å². The van der Waals surface area contributed by atoms with Crippen molar-refractivity contribution in [3.05, 3.63) is 34.9 Å². The van der Waals surface area contributed by atoms with Crippen LogP contribution in [0.25, 0.3) is 0 Å². The second-order valence-corrected chi connectivity index (χ2v) is 5.83. The molecule has 0 saturated carbocycles. The maximum absolute atomic E-state index is 11.4. The highest BCUT2D eigenvalue weighted by Crippen LogP contribution is 2.10. The Bertz CT molecular complexity index is 618. The van der Waals surface area contributed by atoms with Crippen LogP contribution < -0.4 is 5.32 Å². The number of ether oxygens (including phenoxy) is 1. The maximum atomic E-state index is 11.4. The second-order valence-electron chi connectivity index (χ2n) is 5.83. The Balaban J connectivity index is 2.57. The molecule has 0 fully saturated rings. The number of carboxylic acids is 1. The minimum absolute atomic E-state index is 0.179. The predicted octanol–water partition coefficient (Wildman–Crippen LogP) is 2.96. The summed E-state index contributed by atoms with van der Waals surface area (Å²) in [5.41, 5.74) is 1.07. The molecular formula is C17H21NO4. The van der Waals surface area contributed by atoms with Gasteiger partial charge in [-0.3, -0.25) is 0 Å². The molecule has 5 nitrogen and oxygen atoms in total. The lowest BCUT2D eigenvalue weighted by Crippen LogP contribution is -2.32. The van der Waals surface area contributed by atoms with Gasteiger partial charge in [0.1, 0.15) is 5.60 Å². The normalized spacial score (nSPS) is 10.4. The molecule has 118 valence electrons. The molecule has 0 bridgehead atoms. The lowest BCUT2D eigenvalue weighted by molar-refractivity contribution is 0.0528. The Morgan fingerprint density at radius 3 is 2.59 bits per heavy atom. The van der Waals surface area contributed by atoms with E-state index in [1.165, 1.54) is 0 Å². The number of carbonyl (C=O) groups excluding carboxylic acids is 1. The van der Waals surface area contributed by atoms with Crippen LogP contribution in [0.15, 0.2) is 18.2 Å². The molecule has 0 aliphatic heterocycles. The van der Waals surface area contributed by atoms with Gasteiger partial charge >= 0.3 is 12.1 Å². The smallest absolute Gasteiger partial charge is 0.407 e. The van der Waals surface area contributed by atoms with E-state index in [0.29, 0.717) is 18.5 Å². The summed E-state index contributed by atoms with van der Waals surface area (Å²) in [5, 5.41) is 11.7. The first-order chi connectivity index (χ1) is 10.2. The third-order valence-electron chi connectivity index (χ3n) is 2.55. The minimum atomic E-state index is -1.00. The van der Waals surface area contributed by atoms with Crippen LogP contribution in [-0.2, 0) is 4.74 Å². The predicted molar refractivity (Wildman–Crippen MR) is 83.9 cm³/mol. The summed E-state index contributed by atoms with van der Waals surface area (Å²) >= 11 is 0. The zero-order valence-corrected chi connectivity index (χ0v) is 13.3. The van der Waals surface area contributed by atoms with Gasteiger partial charge in [0.15, 0.2) is 0 Å². The molecule has 0 heterocycles. The van der Waals surface area contributed by atoms with Gasteiger partial charge in [0.25, 0.3) is 0 Å². The van der Waals surface area contributed by atoms with Gasteiger partial charge in [0.05, 0.1) is 5.56 Å². The van der Waals surface area contributed by atoms with Crippen molar-refractivity contribution in [2.75, 3.05) is 6.54 Å². The lowest BCUT2D eigenvalue weighted by atomic mass is 10.0. The molecule has 5 heteroatoms. The summed E-state index contributed by atoms with van der Waals surface area (Å²) in [6, 6.07) is 5.01. The van der Waals surface area contributed by atoms with Crippen molar-refractivity contribution in [3.8, 4) is 11.8 Å². The summed E-state index contributed by atoms with van der Waals surface area (Å²) in [7, 11) is 0. The zero-order valence-electron chi connectivity index (χ0n) is 13.3. The van der Waals surface area contributed by atoms with Crippen LogP contribution in [0.4, 0.5) is 4.79 Å². The van der Waals surface area contributed by atoms with E-state index in [4.69, 9.17) is 9.84 Å². The van der Waals surface area contributed by atoms with Gasteiger partial charge < -0.3 is 15.2 Å². The number of benzene rings is 1. The Hall–Kier alpha value is -2.48. The number of hydrogen-bond acceptors (Lipinski definition) is 3. The number of rotatable bonds is 3. The Morgan fingerprint density at radius 1 is 1.32 bits per heavy atom. The van der Waals surface area contributed by atoms with Crippen molar-refractivity contribution in [1.82, 2.24) is 5.32 Å². The molecule has 2 N–H and O–H groups in total. The van der Waals surface area contributed by atoms with Crippen LogP contribution >= 0.6 is 0 Å². The molecule has 22 heavy (non-hydrogen) atoms. The highest BCUT2D eigenvalue weighted by molar-refractivity contribution is 5.90. The Kier molecular flexibility index (Phi) is 6.00. The highest BCUT2D eigenvalue weighted by Gasteiger charge is 2.15. The highest BCUT2D eigenvalue weighted by atomic mass is 16.6. The number of alkyl carbamates (subject to hydrolysis) is 1. The number of hydrogen-bond donors (Lipinski definition) is 2. The van der Waals surface area contributed by atoms with Gasteiger partial charge in [-0.2, -0.15) is 0 Å². The van der Waals surface area contributed by atoms with Crippen LogP contribution in [0, 0.1) is 18.8 Å². The molecule has 1 aromatic rings. The van der Waals surface area contributed by atoms with E-state index in [1.54, 1.807) is 39.0 Å². The summed E-state index contributed by atoms with van der Waals surface area (Å²) in [5.74, 6) is 4.69. The van der Waals surface area contributed by atoms with E-state index in [1.807, 2.05) is 6.92 Å². The third-order valence-corrected chi connectivity index (χ3v) is 2.55. The van der Waals surface area contributed by atoms with Crippen molar-refractivity contribution in [2.24, 2.45) is 0 Å². The fourth-order valence-corrected chi connectivity index (χ4v) is 1.65. The molecule has 1 rings (SSSR count). The second kappa shape index (κ2) is 7.51. The van der Waals surface area contributed by atoms with Crippen molar-refractivity contribution < 1.29 is 19.4 Å². The van der Waals surface area contributed by atoms with Gasteiger partial charge in [0.2, 0.25) is 0 Å². The zero-order chi connectivity index (χ0) is 16.8. The van der Waals surface area contributed by atoms with E-state index in [-0.39, 0.29) is 5.56 Å². The van der Waals surface area contributed by atoms with Crippen LogP contribution in [0.3, 0.4) is 0 Å². The molecule has 0 saturated heterocycles. The third kappa shape index (κ3) is 6.31. The average Bonchev–Trinajstić information content (AvgIpc) is 2.35. The fraction of sp³-hybridized carbons (Fsp3) is 0.412. The summed E-state index contributed by atoms with van der Waals surface area (Å²) < 4.78 is 5.09. The van der Waals surface area contributed by atoms with E-state index in [0.717, 1.165) is 5.56 Å². The quantitative estimate of drug-likeness (QED) is 0.665. The van der Waals surface area contributed by atoms with Gasteiger partial charge in [-0.15, -0.1) is 0 Å². The van der Waals surface area contributed by atoms with Gasteiger partial charge in [-0.05, 0) is 45.4 Å². The molecule has 0 aromatic heterocycles. The molecule has 0 aliphatic carbocycles. The SMILES string of the molecule is Cc1ccc(C(=O)O)c(C#CCCNC(=O)OC(C)(C)C)c1. The topological polar surface area (TPSA) is 75.6 Å². The van der Waals surface area contributed by atoms with E-state index < -0.39 is 17.7 Å². The monoisotopic (exact) mass is 303 g/mol. The van der Waals surface area contributed by atoms with E-state index in [9.17, 15) is 9.59 Å². The van der Waals surface area contributed by atoms with Crippen LogP contribution in [0.5, 0.6) is 0 Å². The minimum Gasteiger partial charge on any atom is -0.478 e. The maximum Gasteiger partial charge on any atom is 0.407 e. The Morgan fingerprint density at radius 2 is 2.00 bits per heavy atom. The molecule has 0 radical (unpaired) electrons. The fourth-order valence-electron chi connectivity index (χ4n) is 1.65. The number of carbonyl (C=O) groups is 2. The number of carboxylic acid groups (broad SMARTS) is 1. The first-order valence-corrected chi connectivity index (χ1v) is 6.99. The van der Waals surface area contributed by atoms with Crippen LogP contribution in [-0.4, -0.2) is 29.3 Å². The average molecular weight is 303 g/mol. The summed E-state index contributed by atoms with van der Waals surface area (Å²) in [6.07, 6.45) is -0.0808. The molecule has 0 atom stereocenters. The van der Waals surface area contributed by atoms with Gasteiger partial charge in [-0.1, -0.05) is 17.9 Å². The van der Waals surface area contributed by atoms with E-state index in [2.05, 4.69) is 17.2 Å². The first kappa shape index (κ1) is 17.6. The summed E-state index contributed by atoms with van der Waals surface area (Å²) in [4.78, 5) is 22.5. The molecule has 0 spiro atoms. The molecular weight excluding hydrogens is 282 g/mol. The van der Waals surface area contributed by atoms with Crippen LogP contribution in [0.1, 0.15) is 48.7 Å². The largest absolute Gasteiger partial charge is 0.478 e. The molecule has 0 aliphatic rings. The number of nitrogens with one attached hydrogen (secondary N) is 1. The summed E-state index contributed by atoms with van der Waals surface area (Å²) in [6.45, 7) is 7.59.